The highest BCUT2D eigenvalue weighted by atomic mass is 19.4. The van der Waals surface area contributed by atoms with E-state index in [1.54, 1.807) is 4.90 Å². The highest BCUT2D eigenvalue weighted by molar-refractivity contribution is 5.93. The fraction of sp³-hybridized carbons (Fsp3) is 0.400. The minimum atomic E-state index is -4.83. The number of hydrogen-bond acceptors (Lipinski definition) is 5. The van der Waals surface area contributed by atoms with Crippen molar-refractivity contribution in [3.8, 4) is 0 Å². The maximum Gasteiger partial charge on any atom is 0.453 e. The first-order chi connectivity index (χ1) is 12.6. The molecule has 1 saturated heterocycles. The van der Waals surface area contributed by atoms with Gasteiger partial charge in [-0.15, -0.1) is 5.10 Å². The summed E-state index contributed by atoms with van der Waals surface area (Å²) >= 11 is 0. The molecule has 0 unspecified atom stereocenters. The molecule has 0 aliphatic carbocycles. The number of alkyl halides is 6. The second kappa shape index (κ2) is 5.94. The molecule has 27 heavy (non-hydrogen) atoms. The average Bonchev–Trinajstić information content (AvgIpc) is 3.06. The largest absolute Gasteiger partial charge is 0.453 e. The summed E-state index contributed by atoms with van der Waals surface area (Å²) in [5.41, 5.74) is -1.19. The lowest BCUT2D eigenvalue weighted by molar-refractivity contribution is -0.144. The van der Waals surface area contributed by atoms with E-state index in [2.05, 4.69) is 20.4 Å². The van der Waals surface area contributed by atoms with Crippen LogP contribution in [0.1, 0.15) is 11.4 Å². The Kier molecular flexibility index (Phi) is 3.91. The third kappa shape index (κ3) is 3.13. The minimum absolute atomic E-state index is 0.113. The molecule has 0 amide bonds. The Morgan fingerprint density at radius 1 is 0.926 bits per heavy atom. The van der Waals surface area contributed by atoms with Gasteiger partial charge < -0.3 is 10.2 Å². The van der Waals surface area contributed by atoms with Crippen LogP contribution >= 0.6 is 0 Å². The van der Waals surface area contributed by atoms with Crippen molar-refractivity contribution in [2.45, 2.75) is 12.4 Å². The molecule has 1 aliphatic rings. The van der Waals surface area contributed by atoms with Crippen molar-refractivity contribution in [3.05, 3.63) is 29.6 Å². The van der Waals surface area contributed by atoms with Crippen LogP contribution in [-0.4, -0.2) is 45.8 Å². The molecule has 12 heteroatoms. The summed E-state index contributed by atoms with van der Waals surface area (Å²) < 4.78 is 79.3. The SMILES string of the molecule is FC(F)(F)c1ccc2nc(N3CCNCC3)n3nc(C(F)(F)F)nc3c2c1. The summed E-state index contributed by atoms with van der Waals surface area (Å²) in [6.07, 6.45) is -9.48. The van der Waals surface area contributed by atoms with Crippen LogP contribution in [0.5, 0.6) is 0 Å². The van der Waals surface area contributed by atoms with Crippen molar-refractivity contribution >= 4 is 22.5 Å². The zero-order chi connectivity index (χ0) is 19.4. The van der Waals surface area contributed by atoms with Crippen LogP contribution in [0.25, 0.3) is 16.6 Å². The number of hydrogen-bond donors (Lipinski definition) is 1. The van der Waals surface area contributed by atoms with Gasteiger partial charge in [0.2, 0.25) is 5.95 Å². The minimum Gasteiger partial charge on any atom is -0.338 e. The number of fused-ring (bicyclic) bond motifs is 3. The summed E-state index contributed by atoms with van der Waals surface area (Å²) in [6, 6.07) is 2.72. The topological polar surface area (TPSA) is 58.4 Å². The molecule has 1 aliphatic heterocycles. The molecule has 0 atom stereocenters. The standard InChI is InChI=1S/C15H12F6N6/c16-14(17,18)8-1-2-10-9(7-8)11-24-12(15(19,20)21)25-27(11)13(23-10)26-5-3-22-4-6-26/h1-2,7,22H,3-6H2. The molecule has 4 rings (SSSR count). The molecule has 1 fully saturated rings. The molecule has 6 nitrogen and oxygen atoms in total. The van der Waals surface area contributed by atoms with E-state index in [4.69, 9.17) is 0 Å². The predicted octanol–water partition coefficient (Wildman–Crippen LogP) is 2.72. The van der Waals surface area contributed by atoms with E-state index in [0.717, 1.165) is 22.7 Å². The van der Waals surface area contributed by atoms with Crippen molar-refractivity contribution in [2.24, 2.45) is 0 Å². The van der Waals surface area contributed by atoms with Crippen LogP contribution in [-0.2, 0) is 12.4 Å². The summed E-state index contributed by atoms with van der Waals surface area (Å²) in [5, 5.41) is 6.43. The Morgan fingerprint density at radius 2 is 1.63 bits per heavy atom. The van der Waals surface area contributed by atoms with Crippen molar-refractivity contribution in [1.82, 2.24) is 24.9 Å². The fourth-order valence-corrected chi connectivity index (χ4v) is 2.96. The molecule has 1 aromatic carbocycles. The fourth-order valence-electron chi connectivity index (χ4n) is 2.96. The molecule has 0 bridgehead atoms. The number of nitrogens with zero attached hydrogens (tertiary/aromatic N) is 5. The van der Waals surface area contributed by atoms with Gasteiger partial charge >= 0.3 is 12.4 Å². The van der Waals surface area contributed by atoms with E-state index in [1.165, 1.54) is 0 Å². The van der Waals surface area contributed by atoms with Gasteiger partial charge in [0.05, 0.1) is 11.1 Å². The third-order valence-electron chi connectivity index (χ3n) is 4.24. The number of rotatable bonds is 1. The van der Waals surface area contributed by atoms with Crippen LogP contribution in [0.2, 0.25) is 0 Å². The molecule has 0 spiro atoms. The van der Waals surface area contributed by atoms with Crippen LogP contribution < -0.4 is 10.2 Å². The normalized spacial score (nSPS) is 16.4. The van der Waals surface area contributed by atoms with E-state index in [1.807, 2.05) is 0 Å². The predicted molar refractivity (Wildman–Crippen MR) is 83.4 cm³/mol. The number of benzene rings is 1. The van der Waals surface area contributed by atoms with E-state index in [0.29, 0.717) is 26.2 Å². The van der Waals surface area contributed by atoms with Gasteiger partial charge in [0.1, 0.15) is 0 Å². The summed E-state index contributed by atoms with van der Waals surface area (Å²) in [6.45, 7) is 2.12. The van der Waals surface area contributed by atoms with E-state index >= 15 is 0 Å². The van der Waals surface area contributed by atoms with E-state index < -0.39 is 23.7 Å². The number of nitrogens with one attached hydrogen (secondary N) is 1. The van der Waals surface area contributed by atoms with Gasteiger partial charge in [-0.2, -0.15) is 30.9 Å². The zero-order valence-electron chi connectivity index (χ0n) is 13.6. The molecule has 0 saturated carbocycles. The van der Waals surface area contributed by atoms with Crippen LogP contribution in [0.4, 0.5) is 32.3 Å². The van der Waals surface area contributed by atoms with Crippen LogP contribution in [0, 0.1) is 0 Å². The van der Waals surface area contributed by atoms with Gasteiger partial charge in [0, 0.05) is 31.6 Å². The highest BCUT2D eigenvalue weighted by Gasteiger charge is 2.38. The molecule has 1 N–H and O–H groups in total. The van der Waals surface area contributed by atoms with Gasteiger partial charge in [0.15, 0.2) is 5.65 Å². The molecular weight excluding hydrogens is 378 g/mol. The van der Waals surface area contributed by atoms with Gasteiger partial charge in [-0.3, -0.25) is 0 Å². The van der Waals surface area contributed by atoms with Crippen LogP contribution in [0.3, 0.4) is 0 Å². The number of piperazine rings is 1. The number of halogens is 6. The maximum atomic E-state index is 13.1. The molecule has 2 aromatic heterocycles. The monoisotopic (exact) mass is 390 g/mol. The summed E-state index contributed by atoms with van der Waals surface area (Å²) in [4.78, 5) is 9.46. The molecule has 3 heterocycles. The molecule has 144 valence electrons. The lowest BCUT2D eigenvalue weighted by Crippen LogP contribution is -2.44. The van der Waals surface area contributed by atoms with Gasteiger partial charge in [0.25, 0.3) is 5.82 Å². The Hall–Kier alpha value is -2.63. The van der Waals surface area contributed by atoms with Crippen molar-refractivity contribution in [1.29, 1.82) is 0 Å². The lowest BCUT2D eigenvalue weighted by Gasteiger charge is -2.28. The Labute approximate surface area is 147 Å². The third-order valence-corrected chi connectivity index (χ3v) is 4.24. The smallest absolute Gasteiger partial charge is 0.338 e. The highest BCUT2D eigenvalue weighted by Crippen LogP contribution is 2.34. The summed E-state index contributed by atoms with van der Waals surface area (Å²) in [5.74, 6) is -1.31. The Bertz CT molecular complexity index is 1000. The van der Waals surface area contributed by atoms with Crippen LogP contribution in [0.15, 0.2) is 18.2 Å². The lowest BCUT2D eigenvalue weighted by atomic mass is 10.1. The van der Waals surface area contributed by atoms with Gasteiger partial charge in [-0.25, -0.2) is 9.97 Å². The van der Waals surface area contributed by atoms with E-state index in [9.17, 15) is 26.3 Å². The number of anilines is 1. The molecule has 0 radical (unpaired) electrons. The average molecular weight is 390 g/mol. The first-order valence-corrected chi connectivity index (χ1v) is 7.95. The number of aromatic nitrogens is 4. The first kappa shape index (κ1) is 17.8. The summed E-state index contributed by atoms with van der Waals surface area (Å²) in [7, 11) is 0. The second-order valence-electron chi connectivity index (χ2n) is 6.05. The Morgan fingerprint density at radius 3 is 2.26 bits per heavy atom. The van der Waals surface area contributed by atoms with Gasteiger partial charge in [-0.1, -0.05) is 0 Å². The Balaban J connectivity index is 2.01. The van der Waals surface area contributed by atoms with E-state index in [-0.39, 0.29) is 22.5 Å². The first-order valence-electron chi connectivity index (χ1n) is 7.95. The molecule has 3 aromatic rings. The van der Waals surface area contributed by atoms with Crippen molar-refractivity contribution < 1.29 is 26.3 Å². The second-order valence-corrected chi connectivity index (χ2v) is 6.05. The molecular formula is C15H12F6N6. The maximum absolute atomic E-state index is 13.1. The van der Waals surface area contributed by atoms with Crippen molar-refractivity contribution in [3.63, 3.8) is 0 Å². The quantitative estimate of drug-likeness (QED) is 0.648. The van der Waals surface area contributed by atoms with Crippen molar-refractivity contribution in [2.75, 3.05) is 31.1 Å². The zero-order valence-corrected chi connectivity index (χ0v) is 13.6. The van der Waals surface area contributed by atoms with Gasteiger partial charge in [-0.05, 0) is 18.2 Å².